The third kappa shape index (κ3) is 3.85. The highest BCUT2D eigenvalue weighted by molar-refractivity contribution is 5.76. The van der Waals surface area contributed by atoms with E-state index in [0.717, 1.165) is 19.4 Å². The number of nitrogens with one attached hydrogen (secondary N) is 1. The fourth-order valence-electron chi connectivity index (χ4n) is 3.81. The van der Waals surface area contributed by atoms with E-state index in [0.29, 0.717) is 23.9 Å². The molecule has 3 nitrogen and oxygen atoms in total. The average Bonchev–Trinajstić information content (AvgIpc) is 2.84. The molecular formula is C18H26N2O. The lowest BCUT2D eigenvalue weighted by molar-refractivity contribution is -0.131. The Kier molecular flexibility index (Phi) is 4.59. The molecule has 2 heterocycles. The number of rotatable bonds is 5. The van der Waals surface area contributed by atoms with Gasteiger partial charge in [0, 0.05) is 32.1 Å². The lowest BCUT2D eigenvalue weighted by Gasteiger charge is -2.30. The lowest BCUT2D eigenvalue weighted by atomic mass is 9.89. The van der Waals surface area contributed by atoms with Crippen molar-refractivity contribution in [2.24, 2.45) is 5.92 Å². The van der Waals surface area contributed by atoms with Crippen molar-refractivity contribution in [1.29, 1.82) is 0 Å². The smallest absolute Gasteiger partial charge is 0.222 e. The Balaban J connectivity index is 1.44. The number of hydrogen-bond acceptors (Lipinski definition) is 2. The molecule has 2 aliphatic rings. The molecule has 0 saturated carbocycles. The fraction of sp³-hybridized carbons (Fsp3) is 0.611. The van der Waals surface area contributed by atoms with Gasteiger partial charge in [-0.1, -0.05) is 30.3 Å². The second kappa shape index (κ2) is 6.61. The van der Waals surface area contributed by atoms with Crippen LogP contribution in [-0.2, 0) is 11.2 Å². The van der Waals surface area contributed by atoms with Crippen LogP contribution in [0.3, 0.4) is 0 Å². The minimum atomic E-state index is 0.317. The molecule has 2 atom stereocenters. The maximum Gasteiger partial charge on any atom is 0.222 e. The van der Waals surface area contributed by atoms with E-state index in [-0.39, 0.29) is 0 Å². The van der Waals surface area contributed by atoms with Crippen molar-refractivity contribution >= 4 is 5.91 Å². The highest BCUT2D eigenvalue weighted by Crippen LogP contribution is 2.32. The molecule has 0 spiro atoms. The molecule has 1 aromatic rings. The van der Waals surface area contributed by atoms with Crippen molar-refractivity contribution in [1.82, 2.24) is 10.2 Å². The van der Waals surface area contributed by atoms with Crippen LogP contribution in [0.4, 0.5) is 0 Å². The van der Waals surface area contributed by atoms with Gasteiger partial charge in [0.15, 0.2) is 0 Å². The number of benzene rings is 1. The van der Waals surface area contributed by atoms with Crippen LogP contribution in [-0.4, -0.2) is 36.5 Å². The van der Waals surface area contributed by atoms with E-state index >= 15 is 0 Å². The zero-order chi connectivity index (χ0) is 14.7. The second-order valence-corrected chi connectivity index (χ2v) is 6.73. The molecule has 0 aromatic heterocycles. The van der Waals surface area contributed by atoms with E-state index in [9.17, 15) is 4.79 Å². The van der Waals surface area contributed by atoms with Gasteiger partial charge in [-0.15, -0.1) is 0 Å². The Morgan fingerprint density at radius 1 is 1.19 bits per heavy atom. The predicted molar refractivity (Wildman–Crippen MR) is 85.1 cm³/mol. The quantitative estimate of drug-likeness (QED) is 0.902. The first-order valence-corrected chi connectivity index (χ1v) is 8.24. The summed E-state index contributed by atoms with van der Waals surface area (Å²) in [6.45, 7) is 0.820. The minimum Gasteiger partial charge on any atom is -0.345 e. The maximum atomic E-state index is 12.4. The number of nitrogens with zero attached hydrogens (tertiary/aromatic N) is 1. The summed E-state index contributed by atoms with van der Waals surface area (Å²) < 4.78 is 0. The normalized spacial score (nSPS) is 27.6. The Bertz CT molecular complexity index is 461. The van der Waals surface area contributed by atoms with Crippen molar-refractivity contribution in [3.63, 3.8) is 0 Å². The van der Waals surface area contributed by atoms with Crippen LogP contribution in [0.25, 0.3) is 0 Å². The summed E-state index contributed by atoms with van der Waals surface area (Å²) in [5.74, 6) is 0.910. The molecular weight excluding hydrogens is 260 g/mol. The highest BCUT2D eigenvalue weighted by Gasteiger charge is 2.34. The number of carbonyl (C=O) groups is 1. The average molecular weight is 286 g/mol. The number of fused-ring (bicyclic) bond motifs is 2. The second-order valence-electron chi connectivity index (χ2n) is 6.73. The first-order chi connectivity index (χ1) is 10.2. The van der Waals surface area contributed by atoms with Gasteiger partial charge in [-0.25, -0.2) is 0 Å². The van der Waals surface area contributed by atoms with E-state index in [1.165, 1.54) is 31.2 Å². The van der Waals surface area contributed by atoms with Gasteiger partial charge in [0.2, 0.25) is 5.91 Å². The third-order valence-electron chi connectivity index (χ3n) is 5.04. The molecule has 2 unspecified atom stereocenters. The van der Waals surface area contributed by atoms with Crippen molar-refractivity contribution in [3.05, 3.63) is 35.9 Å². The standard InChI is InChI=1S/C18H26N2O/c1-20(10-9-14-5-3-2-4-6-14)18(21)13-15-11-16-7-8-17(12-15)19-16/h2-6,15-17,19H,7-13H2,1H3. The summed E-state index contributed by atoms with van der Waals surface area (Å²) in [4.78, 5) is 14.3. The van der Waals surface area contributed by atoms with Crippen LogP contribution in [0.5, 0.6) is 0 Å². The molecule has 21 heavy (non-hydrogen) atoms. The van der Waals surface area contributed by atoms with Crippen molar-refractivity contribution in [2.75, 3.05) is 13.6 Å². The van der Waals surface area contributed by atoms with Crippen LogP contribution in [0.2, 0.25) is 0 Å². The minimum absolute atomic E-state index is 0.317. The fourth-order valence-corrected chi connectivity index (χ4v) is 3.81. The molecule has 2 aliphatic heterocycles. The largest absolute Gasteiger partial charge is 0.345 e. The summed E-state index contributed by atoms with van der Waals surface area (Å²) in [7, 11) is 1.95. The van der Waals surface area contributed by atoms with E-state index in [4.69, 9.17) is 0 Å². The van der Waals surface area contributed by atoms with Gasteiger partial charge in [-0.3, -0.25) is 4.79 Å². The molecule has 1 aromatic carbocycles. The molecule has 3 heteroatoms. The van der Waals surface area contributed by atoms with Gasteiger partial charge in [0.1, 0.15) is 0 Å². The molecule has 0 radical (unpaired) electrons. The predicted octanol–water partition coefficient (Wildman–Crippen LogP) is 2.61. The van der Waals surface area contributed by atoms with Crippen molar-refractivity contribution < 1.29 is 4.79 Å². The Hall–Kier alpha value is -1.35. The zero-order valence-corrected chi connectivity index (χ0v) is 12.9. The Morgan fingerprint density at radius 3 is 2.52 bits per heavy atom. The zero-order valence-electron chi connectivity index (χ0n) is 12.9. The Morgan fingerprint density at radius 2 is 1.86 bits per heavy atom. The first kappa shape index (κ1) is 14.6. The molecule has 0 aliphatic carbocycles. The van der Waals surface area contributed by atoms with E-state index in [1.807, 2.05) is 18.0 Å². The highest BCUT2D eigenvalue weighted by atomic mass is 16.2. The van der Waals surface area contributed by atoms with E-state index in [1.54, 1.807) is 0 Å². The van der Waals surface area contributed by atoms with E-state index in [2.05, 4.69) is 29.6 Å². The topological polar surface area (TPSA) is 32.3 Å². The van der Waals surface area contributed by atoms with Gasteiger partial charge < -0.3 is 10.2 Å². The SMILES string of the molecule is CN(CCc1ccccc1)C(=O)CC1CC2CCC(C1)N2. The number of piperidine rings is 1. The summed E-state index contributed by atoms with van der Waals surface area (Å²) in [6.07, 6.45) is 6.67. The van der Waals surface area contributed by atoms with Crippen molar-refractivity contribution in [2.45, 2.75) is 50.6 Å². The van der Waals surface area contributed by atoms with Crippen LogP contribution in [0, 0.1) is 5.92 Å². The third-order valence-corrected chi connectivity index (χ3v) is 5.04. The number of likely N-dealkylation sites (N-methyl/N-ethyl adjacent to an activating group) is 1. The van der Waals surface area contributed by atoms with Gasteiger partial charge in [-0.2, -0.15) is 0 Å². The van der Waals surface area contributed by atoms with Crippen molar-refractivity contribution in [3.8, 4) is 0 Å². The van der Waals surface area contributed by atoms with Crippen LogP contribution < -0.4 is 5.32 Å². The maximum absolute atomic E-state index is 12.4. The monoisotopic (exact) mass is 286 g/mol. The molecule has 2 fully saturated rings. The van der Waals surface area contributed by atoms with Crippen LogP contribution in [0.15, 0.2) is 30.3 Å². The summed E-state index contributed by atoms with van der Waals surface area (Å²) in [5.41, 5.74) is 1.30. The summed E-state index contributed by atoms with van der Waals surface area (Å²) in [5, 5.41) is 3.64. The van der Waals surface area contributed by atoms with E-state index < -0.39 is 0 Å². The van der Waals surface area contributed by atoms with Gasteiger partial charge in [0.25, 0.3) is 0 Å². The first-order valence-electron chi connectivity index (χ1n) is 8.24. The van der Waals surface area contributed by atoms with Gasteiger partial charge in [-0.05, 0) is 43.6 Å². The number of amides is 1. The van der Waals surface area contributed by atoms with Gasteiger partial charge >= 0.3 is 0 Å². The summed E-state index contributed by atoms with van der Waals surface area (Å²) in [6, 6.07) is 11.8. The molecule has 2 saturated heterocycles. The number of carbonyl (C=O) groups excluding carboxylic acids is 1. The molecule has 2 bridgehead atoms. The van der Waals surface area contributed by atoms with Crippen LogP contribution >= 0.6 is 0 Å². The van der Waals surface area contributed by atoms with Crippen LogP contribution in [0.1, 0.15) is 37.7 Å². The molecule has 114 valence electrons. The molecule has 1 N–H and O–H groups in total. The lowest BCUT2D eigenvalue weighted by Crippen LogP contribution is -2.40. The number of hydrogen-bond donors (Lipinski definition) is 1. The Labute approximate surface area is 127 Å². The van der Waals surface area contributed by atoms with Gasteiger partial charge in [0.05, 0.1) is 0 Å². The summed E-state index contributed by atoms with van der Waals surface area (Å²) >= 11 is 0. The molecule has 3 rings (SSSR count). The molecule has 1 amide bonds.